The molecule has 0 saturated heterocycles. The van der Waals surface area contributed by atoms with Crippen LogP contribution in [0.2, 0.25) is 0 Å². The van der Waals surface area contributed by atoms with E-state index in [-0.39, 0.29) is 28.8 Å². The molecule has 3 N–H and O–H groups in total. The molecule has 12 atom stereocenters. The summed E-state index contributed by atoms with van der Waals surface area (Å²) in [6.45, 7) is 6.56. The van der Waals surface area contributed by atoms with Gasteiger partial charge in [-0.2, -0.15) is 0 Å². The summed E-state index contributed by atoms with van der Waals surface area (Å²) in [6, 6.07) is 0. The number of hydrogen-bond donors (Lipinski definition) is 3. The van der Waals surface area contributed by atoms with Gasteiger partial charge in [0.2, 0.25) is 0 Å². The monoisotopic (exact) mass is 428 g/mol. The summed E-state index contributed by atoms with van der Waals surface area (Å²) in [6.07, 6.45) is 5.72. The number of fused-ring (bicyclic) bond motifs is 10. The lowest BCUT2D eigenvalue weighted by molar-refractivity contribution is -0.233. The van der Waals surface area contributed by atoms with Crippen LogP contribution in [-0.4, -0.2) is 45.2 Å². The lowest BCUT2D eigenvalue weighted by Crippen LogP contribution is -2.65. The van der Waals surface area contributed by atoms with Crippen molar-refractivity contribution in [3.05, 3.63) is 0 Å². The van der Waals surface area contributed by atoms with Crippen molar-refractivity contribution >= 4 is 5.97 Å². The van der Waals surface area contributed by atoms with Crippen molar-refractivity contribution in [3.63, 3.8) is 0 Å². The van der Waals surface area contributed by atoms with E-state index in [1.165, 1.54) is 0 Å². The molecule has 31 heavy (non-hydrogen) atoms. The average molecular weight is 429 g/mol. The van der Waals surface area contributed by atoms with Crippen molar-refractivity contribution in [3.8, 4) is 11.8 Å². The fourth-order valence-electron chi connectivity index (χ4n) is 9.71. The van der Waals surface area contributed by atoms with Gasteiger partial charge in [0.15, 0.2) is 0 Å². The van der Waals surface area contributed by atoms with Gasteiger partial charge in [0.25, 0.3) is 0 Å². The Kier molecular flexibility index (Phi) is 4.02. The van der Waals surface area contributed by atoms with Crippen LogP contribution in [0.15, 0.2) is 0 Å². The largest absolute Gasteiger partial charge is 0.456 e. The first-order valence-electron chi connectivity index (χ1n) is 12.4. The maximum Gasteiger partial charge on any atom is 0.384 e. The van der Waals surface area contributed by atoms with Gasteiger partial charge in [-0.1, -0.05) is 19.8 Å². The number of rotatable bonds is 1. The van der Waals surface area contributed by atoms with Crippen molar-refractivity contribution < 1.29 is 24.9 Å². The third-order valence-corrected chi connectivity index (χ3v) is 11.2. The molecule has 5 heteroatoms. The summed E-state index contributed by atoms with van der Waals surface area (Å²) in [7, 11) is 0. The van der Waals surface area contributed by atoms with E-state index in [9.17, 15) is 20.1 Å². The molecule has 6 fully saturated rings. The highest BCUT2D eigenvalue weighted by molar-refractivity contribution is 5.88. The number of ether oxygens (including phenoxy) is 1. The minimum Gasteiger partial charge on any atom is -0.456 e. The lowest BCUT2D eigenvalue weighted by atomic mass is 9.42. The standard InChI is InChI=1S/C26H36O5/c1-4-31-20(28)7-10-25(29)19-12-16(19)22-21-15-11-18(15)26(30)13-14(27)5-8-23(26,2)17(21)6-9-24(22,25)3/h14-19,21-22,27,29-30H,4-6,8-9,11-13H2,1-3H3. The molecular formula is C26H36O5. The molecule has 0 bridgehead atoms. The molecule has 0 radical (unpaired) electrons. The second kappa shape index (κ2) is 6.07. The van der Waals surface area contributed by atoms with Gasteiger partial charge in [-0.05, 0) is 86.4 Å². The van der Waals surface area contributed by atoms with Gasteiger partial charge in [0.05, 0.1) is 18.3 Å². The van der Waals surface area contributed by atoms with E-state index < -0.39 is 17.2 Å². The third kappa shape index (κ3) is 2.32. The van der Waals surface area contributed by atoms with Gasteiger partial charge in [0, 0.05) is 23.7 Å². The normalized spacial score (nSPS) is 60.2. The summed E-state index contributed by atoms with van der Waals surface area (Å²) >= 11 is 0. The van der Waals surface area contributed by atoms with Crippen molar-refractivity contribution in [1.29, 1.82) is 0 Å². The molecule has 6 saturated carbocycles. The van der Waals surface area contributed by atoms with E-state index in [0.29, 0.717) is 42.6 Å². The smallest absolute Gasteiger partial charge is 0.384 e. The quantitative estimate of drug-likeness (QED) is 0.339. The Morgan fingerprint density at radius 2 is 1.74 bits per heavy atom. The van der Waals surface area contributed by atoms with Crippen LogP contribution in [0.4, 0.5) is 0 Å². The first kappa shape index (κ1) is 20.5. The van der Waals surface area contributed by atoms with Crippen molar-refractivity contribution in [2.75, 3.05) is 6.61 Å². The second-order valence-corrected chi connectivity index (χ2v) is 12.2. The minimum atomic E-state index is -1.12. The van der Waals surface area contributed by atoms with E-state index in [4.69, 9.17) is 4.74 Å². The molecule has 12 unspecified atom stereocenters. The van der Waals surface area contributed by atoms with E-state index >= 15 is 0 Å². The zero-order valence-corrected chi connectivity index (χ0v) is 18.9. The molecule has 6 rings (SSSR count). The van der Waals surface area contributed by atoms with Crippen molar-refractivity contribution in [2.45, 2.75) is 83.0 Å². The van der Waals surface area contributed by atoms with Crippen molar-refractivity contribution in [2.24, 2.45) is 52.3 Å². The van der Waals surface area contributed by atoms with E-state index in [0.717, 1.165) is 38.5 Å². The van der Waals surface area contributed by atoms with E-state index in [1.807, 2.05) is 0 Å². The predicted molar refractivity (Wildman–Crippen MR) is 113 cm³/mol. The Labute approximate surface area is 184 Å². The molecule has 170 valence electrons. The minimum absolute atomic E-state index is 0.155. The Balaban J connectivity index is 1.37. The third-order valence-electron chi connectivity index (χ3n) is 11.2. The molecule has 0 aliphatic heterocycles. The van der Waals surface area contributed by atoms with Crippen LogP contribution in [0.5, 0.6) is 0 Å². The van der Waals surface area contributed by atoms with Crippen LogP contribution in [0.3, 0.4) is 0 Å². The highest BCUT2D eigenvalue weighted by Gasteiger charge is 2.81. The summed E-state index contributed by atoms with van der Waals surface area (Å²) in [5.41, 5.74) is -2.33. The highest BCUT2D eigenvalue weighted by Crippen LogP contribution is 2.81. The highest BCUT2D eigenvalue weighted by atomic mass is 16.5. The van der Waals surface area contributed by atoms with E-state index in [2.05, 4.69) is 25.7 Å². The summed E-state index contributed by atoms with van der Waals surface area (Å²) in [5, 5.41) is 34.1. The maximum absolute atomic E-state index is 11.9. The number of carbonyl (C=O) groups excluding carboxylic acids is 1. The Morgan fingerprint density at radius 1 is 1.03 bits per heavy atom. The molecule has 0 aromatic heterocycles. The number of aliphatic hydroxyl groups excluding tert-OH is 1. The zero-order chi connectivity index (χ0) is 22.0. The molecular weight excluding hydrogens is 392 g/mol. The fraction of sp³-hybridized carbons (Fsp3) is 0.885. The molecule has 6 aliphatic carbocycles. The first-order valence-corrected chi connectivity index (χ1v) is 12.4. The van der Waals surface area contributed by atoms with Crippen molar-refractivity contribution in [1.82, 2.24) is 0 Å². The number of aliphatic hydroxyl groups is 3. The summed E-state index contributed by atoms with van der Waals surface area (Å²) < 4.78 is 4.99. The zero-order valence-electron chi connectivity index (χ0n) is 18.9. The van der Waals surface area contributed by atoms with Gasteiger partial charge in [-0.25, -0.2) is 4.79 Å². The van der Waals surface area contributed by atoms with Gasteiger partial charge < -0.3 is 20.1 Å². The molecule has 0 spiro atoms. The van der Waals surface area contributed by atoms with Crippen LogP contribution in [-0.2, 0) is 9.53 Å². The number of carbonyl (C=O) groups is 1. The van der Waals surface area contributed by atoms with Crippen LogP contribution in [0, 0.1) is 64.1 Å². The molecule has 5 nitrogen and oxygen atoms in total. The van der Waals surface area contributed by atoms with Crippen LogP contribution < -0.4 is 0 Å². The summed E-state index contributed by atoms with van der Waals surface area (Å²) in [4.78, 5) is 11.9. The molecule has 0 amide bonds. The van der Waals surface area contributed by atoms with Gasteiger partial charge >= 0.3 is 5.97 Å². The maximum atomic E-state index is 11.9. The SMILES string of the molecule is CCOC(=O)C#CC1(O)C2CC2C2C3C4CC4C4(O)CC(O)CCC4(C)C3CCC21C. The van der Waals surface area contributed by atoms with Crippen LogP contribution in [0.1, 0.15) is 65.7 Å². The Bertz CT molecular complexity index is 890. The molecule has 0 aromatic rings. The number of esters is 1. The van der Waals surface area contributed by atoms with Gasteiger partial charge in [0.1, 0.15) is 5.60 Å². The van der Waals surface area contributed by atoms with Gasteiger partial charge in [-0.3, -0.25) is 0 Å². The van der Waals surface area contributed by atoms with Gasteiger partial charge in [-0.15, -0.1) is 0 Å². The Hall–Kier alpha value is -1.09. The number of hydrogen-bond acceptors (Lipinski definition) is 5. The fourth-order valence-corrected chi connectivity index (χ4v) is 9.71. The Morgan fingerprint density at radius 3 is 2.48 bits per heavy atom. The molecule has 0 aromatic carbocycles. The molecule has 6 aliphatic rings. The topological polar surface area (TPSA) is 87.0 Å². The summed E-state index contributed by atoms with van der Waals surface area (Å²) in [5.74, 6) is 7.86. The lowest BCUT2D eigenvalue weighted by Gasteiger charge is -2.64. The molecule has 0 heterocycles. The van der Waals surface area contributed by atoms with E-state index in [1.54, 1.807) is 6.92 Å². The predicted octanol–water partition coefficient (Wildman–Crippen LogP) is 2.51. The van der Waals surface area contributed by atoms with Crippen LogP contribution >= 0.6 is 0 Å². The first-order chi connectivity index (χ1) is 14.6. The second-order valence-electron chi connectivity index (χ2n) is 12.2. The van der Waals surface area contributed by atoms with Crippen LogP contribution in [0.25, 0.3) is 0 Å². The average Bonchev–Trinajstić information content (AvgIpc) is 3.61.